The SMILES string of the molecule is O=C([O-])c1cccnc1S[C@@H]1CC(=O)N(c2ccc(F)cc2)C1=O. The summed E-state index contributed by atoms with van der Waals surface area (Å²) in [6.45, 7) is 0. The number of halogens is 1. The van der Waals surface area contributed by atoms with Crippen molar-refractivity contribution in [3.8, 4) is 0 Å². The van der Waals surface area contributed by atoms with Gasteiger partial charge in [-0.1, -0.05) is 11.8 Å². The van der Waals surface area contributed by atoms with Crippen LogP contribution in [0.3, 0.4) is 0 Å². The minimum absolute atomic E-state index is 0.0933. The number of aromatic carboxylic acids is 1. The summed E-state index contributed by atoms with van der Waals surface area (Å²) in [4.78, 5) is 40.6. The lowest BCUT2D eigenvalue weighted by atomic mass is 10.3. The highest BCUT2D eigenvalue weighted by Gasteiger charge is 2.40. The average molecular weight is 345 g/mol. The number of rotatable bonds is 4. The molecule has 1 aliphatic rings. The molecule has 3 rings (SSSR count). The highest BCUT2D eigenvalue weighted by atomic mass is 32.2. The predicted octanol–water partition coefficient (Wildman–Crippen LogP) is 1.01. The fourth-order valence-electron chi connectivity index (χ4n) is 2.33. The number of imide groups is 1. The van der Waals surface area contributed by atoms with E-state index >= 15 is 0 Å². The summed E-state index contributed by atoms with van der Waals surface area (Å²) in [6.07, 6.45) is 1.30. The second kappa shape index (κ2) is 6.40. The Morgan fingerprint density at radius 2 is 1.96 bits per heavy atom. The van der Waals surface area contributed by atoms with Crippen LogP contribution >= 0.6 is 11.8 Å². The molecule has 1 atom stereocenters. The molecule has 1 aromatic heterocycles. The maximum atomic E-state index is 13.0. The third-order valence-corrected chi connectivity index (χ3v) is 4.64. The van der Waals surface area contributed by atoms with Crippen molar-refractivity contribution in [2.75, 3.05) is 4.90 Å². The molecule has 0 unspecified atom stereocenters. The van der Waals surface area contributed by atoms with Crippen LogP contribution in [0.15, 0.2) is 47.6 Å². The Morgan fingerprint density at radius 3 is 2.62 bits per heavy atom. The monoisotopic (exact) mass is 345 g/mol. The maximum Gasteiger partial charge on any atom is 0.247 e. The van der Waals surface area contributed by atoms with Gasteiger partial charge in [0, 0.05) is 18.2 Å². The molecule has 0 bridgehead atoms. The molecule has 8 heteroatoms. The lowest BCUT2D eigenvalue weighted by Crippen LogP contribution is -2.31. The zero-order chi connectivity index (χ0) is 17.3. The van der Waals surface area contributed by atoms with Gasteiger partial charge < -0.3 is 9.90 Å². The Morgan fingerprint density at radius 1 is 1.25 bits per heavy atom. The van der Waals surface area contributed by atoms with Crippen molar-refractivity contribution in [2.24, 2.45) is 0 Å². The molecule has 1 aliphatic heterocycles. The molecule has 122 valence electrons. The van der Waals surface area contributed by atoms with Crippen molar-refractivity contribution >= 4 is 35.2 Å². The van der Waals surface area contributed by atoms with E-state index in [0.717, 1.165) is 28.8 Å². The number of carboxylic acids is 1. The van der Waals surface area contributed by atoms with Crippen LogP contribution < -0.4 is 10.0 Å². The normalized spacial score (nSPS) is 17.4. The Bertz CT molecular complexity index is 825. The first-order valence-electron chi connectivity index (χ1n) is 6.93. The molecule has 0 saturated carbocycles. The third kappa shape index (κ3) is 3.00. The molecule has 2 amide bonds. The molecular weight excluding hydrogens is 335 g/mol. The molecule has 1 fully saturated rings. The van der Waals surface area contributed by atoms with Crippen LogP contribution in [0, 0.1) is 5.82 Å². The zero-order valence-electron chi connectivity index (χ0n) is 12.1. The predicted molar refractivity (Wildman–Crippen MR) is 81.7 cm³/mol. The zero-order valence-corrected chi connectivity index (χ0v) is 13.0. The minimum Gasteiger partial charge on any atom is -0.545 e. The number of hydrogen-bond donors (Lipinski definition) is 0. The number of hydrogen-bond acceptors (Lipinski definition) is 6. The number of benzene rings is 1. The van der Waals surface area contributed by atoms with Crippen molar-refractivity contribution in [1.82, 2.24) is 4.98 Å². The highest BCUT2D eigenvalue weighted by Crippen LogP contribution is 2.34. The number of anilines is 1. The summed E-state index contributed by atoms with van der Waals surface area (Å²) >= 11 is 0.902. The Kier molecular flexibility index (Phi) is 4.30. The van der Waals surface area contributed by atoms with Gasteiger partial charge in [0.1, 0.15) is 10.8 Å². The molecule has 0 spiro atoms. The van der Waals surface area contributed by atoms with Gasteiger partial charge in [-0.25, -0.2) is 14.3 Å². The Balaban J connectivity index is 1.85. The molecule has 1 aromatic carbocycles. The van der Waals surface area contributed by atoms with Gasteiger partial charge in [0.05, 0.1) is 16.9 Å². The topological polar surface area (TPSA) is 90.4 Å². The molecule has 0 N–H and O–H groups in total. The molecule has 0 radical (unpaired) electrons. The molecule has 0 aliphatic carbocycles. The van der Waals surface area contributed by atoms with Crippen LogP contribution in [0.4, 0.5) is 10.1 Å². The first-order valence-corrected chi connectivity index (χ1v) is 7.80. The first-order chi connectivity index (χ1) is 11.5. The van der Waals surface area contributed by atoms with Gasteiger partial charge >= 0.3 is 0 Å². The quantitative estimate of drug-likeness (QED) is 0.768. The lowest BCUT2D eigenvalue weighted by molar-refractivity contribution is -0.255. The van der Waals surface area contributed by atoms with E-state index in [2.05, 4.69) is 4.98 Å². The van der Waals surface area contributed by atoms with Crippen molar-refractivity contribution in [1.29, 1.82) is 0 Å². The van der Waals surface area contributed by atoms with E-state index in [-0.39, 0.29) is 22.7 Å². The van der Waals surface area contributed by atoms with E-state index in [1.165, 1.54) is 30.5 Å². The second-order valence-corrected chi connectivity index (χ2v) is 6.19. The van der Waals surface area contributed by atoms with Gasteiger partial charge in [-0.3, -0.25) is 9.59 Å². The maximum absolute atomic E-state index is 13.0. The number of carbonyl (C=O) groups is 3. The van der Waals surface area contributed by atoms with E-state index in [4.69, 9.17) is 0 Å². The van der Waals surface area contributed by atoms with Gasteiger partial charge in [-0.15, -0.1) is 0 Å². The molecule has 24 heavy (non-hydrogen) atoms. The van der Waals surface area contributed by atoms with E-state index in [0.29, 0.717) is 0 Å². The number of nitrogens with zero attached hydrogens (tertiary/aromatic N) is 2. The summed E-state index contributed by atoms with van der Waals surface area (Å²) in [7, 11) is 0. The molecule has 1 saturated heterocycles. The van der Waals surface area contributed by atoms with E-state index < -0.39 is 28.9 Å². The van der Waals surface area contributed by atoms with Gasteiger partial charge in [-0.05, 0) is 36.4 Å². The van der Waals surface area contributed by atoms with E-state index in [9.17, 15) is 23.9 Å². The smallest absolute Gasteiger partial charge is 0.247 e. The standard InChI is InChI=1S/C16H11FN2O4S/c17-9-3-5-10(6-4-9)19-13(20)8-12(15(19)21)24-14-11(16(22)23)2-1-7-18-14/h1-7,12H,8H2,(H,22,23)/p-1/t12-/m1/s1. The van der Waals surface area contributed by atoms with Crippen LogP contribution in [0.5, 0.6) is 0 Å². The summed E-state index contributed by atoms with van der Waals surface area (Å²) in [6, 6.07) is 7.76. The van der Waals surface area contributed by atoms with Gasteiger partial charge in [0.2, 0.25) is 11.8 Å². The number of carbonyl (C=O) groups excluding carboxylic acids is 3. The van der Waals surface area contributed by atoms with Crippen LogP contribution in [-0.4, -0.2) is 28.0 Å². The molecular formula is C16H10FN2O4S-. The minimum atomic E-state index is -1.40. The van der Waals surface area contributed by atoms with Crippen LogP contribution in [0.2, 0.25) is 0 Å². The number of aromatic nitrogens is 1. The van der Waals surface area contributed by atoms with Crippen molar-refractivity contribution < 1.29 is 23.9 Å². The van der Waals surface area contributed by atoms with Crippen LogP contribution in [0.25, 0.3) is 0 Å². The number of pyridine rings is 1. The summed E-state index contributed by atoms with van der Waals surface area (Å²) in [5.41, 5.74) is 0.138. The average Bonchev–Trinajstić information content (AvgIpc) is 2.83. The lowest BCUT2D eigenvalue weighted by Gasteiger charge is -2.15. The number of thioether (sulfide) groups is 1. The number of amides is 2. The largest absolute Gasteiger partial charge is 0.545 e. The third-order valence-electron chi connectivity index (χ3n) is 3.44. The van der Waals surface area contributed by atoms with Crippen LogP contribution in [0.1, 0.15) is 16.8 Å². The summed E-state index contributed by atoms with van der Waals surface area (Å²) < 4.78 is 13.0. The summed E-state index contributed by atoms with van der Waals surface area (Å²) in [5, 5.41) is 10.4. The molecule has 2 heterocycles. The van der Waals surface area contributed by atoms with Gasteiger partial charge in [-0.2, -0.15) is 0 Å². The van der Waals surface area contributed by atoms with Crippen molar-refractivity contribution in [2.45, 2.75) is 16.7 Å². The second-order valence-electron chi connectivity index (χ2n) is 5.00. The Hall–Kier alpha value is -2.74. The fraction of sp³-hybridized carbons (Fsp3) is 0.125. The fourth-order valence-corrected chi connectivity index (χ4v) is 3.43. The van der Waals surface area contributed by atoms with Crippen molar-refractivity contribution in [3.05, 3.63) is 54.0 Å². The van der Waals surface area contributed by atoms with Crippen LogP contribution in [-0.2, 0) is 9.59 Å². The van der Waals surface area contributed by atoms with Gasteiger partial charge in [0.25, 0.3) is 0 Å². The first kappa shape index (κ1) is 16.1. The Labute approximate surface area is 140 Å². The summed E-state index contributed by atoms with van der Waals surface area (Å²) in [5.74, 6) is -2.81. The van der Waals surface area contributed by atoms with E-state index in [1.54, 1.807) is 0 Å². The van der Waals surface area contributed by atoms with Gasteiger partial charge in [0.15, 0.2) is 0 Å². The highest BCUT2D eigenvalue weighted by molar-refractivity contribution is 8.00. The van der Waals surface area contributed by atoms with E-state index in [1.807, 2.05) is 0 Å². The van der Waals surface area contributed by atoms with Crippen molar-refractivity contribution in [3.63, 3.8) is 0 Å². The molecule has 6 nitrogen and oxygen atoms in total. The number of carboxylic acid groups (broad SMARTS) is 1. The molecule has 2 aromatic rings.